The Kier molecular flexibility index (Phi) is 26.2. The molecule has 88 heavy (non-hydrogen) atoms. The Bertz CT molecular complexity index is 2210. The van der Waals surface area contributed by atoms with Gasteiger partial charge in [-0.2, -0.15) is 0 Å². The summed E-state index contributed by atoms with van der Waals surface area (Å²) in [5.74, 6) is -2.45. The SMILES string of the molecule is CO[C@H]1[C@@H](O)[C@@H](CO)O[C@@H](O[C@H]2[C@H](O)[C@@H](NC(C)=O)[C@H](O[C@@H]3[C@@H](OC[C@H]4O[C@@H](O[C@H]5[C@H](O)[C@@H](NC(C)=O)[C@H](O[C@H]6[C@H](O)[C@@H](NC(C)=O)[C@H](O)O[C@@H]6CO)O[C@@H]5CO)[C@@H](O)[C@@H](O[C@@H]5O[C@H](CO)[C@@H](O)[C@H](O)[C@@H]5O)[C@@H]4O)O[C@H](CO)[C@@H](O)[C@@H]3O)O[C@@H]2CO)[C@@H]1O. The zero-order valence-corrected chi connectivity index (χ0v) is 47.6. The van der Waals surface area contributed by atoms with Crippen LogP contribution in [-0.2, 0) is 80.7 Å². The van der Waals surface area contributed by atoms with Crippen molar-refractivity contribution in [2.24, 2.45) is 0 Å². The molecule has 7 fully saturated rings. The standard InChI is InChI=1S/C49H83N3O36/c1-12(59)50-22-29(66)37(18(8-56)77-43(22)74)84-44-23(51-13(2)60)30(67)39(19(9-57)81-44)86-48-36(73)41(87-46-34(71)32(69)25(62)15(5-53)78-46)28(65)21(83-48)11-76-49-42(33(70)26(63)16(6-54)80-49)88-45-24(52-14(3)61)31(68)38(20(10-58)82-45)85-47-35(72)40(75-4)27(64)17(7-55)79-47/h15-49,53-58,62-74H,5-11H2,1-4H3,(H,50,59)(H,51,60)(H,52,61)/t15-,16-,17-,18-,19-,20-,21-,22-,23-,24-,25-,26-,27+,28-,29-,30-,31-,32+,33+,34+,35-,36+,37-,38-,39-,40+,41+,42+,43-,44+,45+,46+,47+,48+,49+/m1/s1. The number of amides is 3. The van der Waals surface area contributed by atoms with Crippen molar-refractivity contribution in [1.29, 1.82) is 0 Å². The molecule has 22 N–H and O–H groups in total. The summed E-state index contributed by atoms with van der Waals surface area (Å²) in [6.07, 6.45) is -61.2. The van der Waals surface area contributed by atoms with E-state index in [1.54, 1.807) is 0 Å². The van der Waals surface area contributed by atoms with Gasteiger partial charge in [0.2, 0.25) is 17.7 Å². The Morgan fingerprint density at radius 1 is 0.318 bits per heavy atom. The summed E-state index contributed by atoms with van der Waals surface area (Å²) in [5.41, 5.74) is 0. The van der Waals surface area contributed by atoms with E-state index in [1.165, 1.54) is 0 Å². The van der Waals surface area contributed by atoms with Crippen LogP contribution in [0.4, 0.5) is 0 Å². The van der Waals surface area contributed by atoms with E-state index in [0.29, 0.717) is 0 Å². The molecule has 0 aromatic carbocycles. The summed E-state index contributed by atoms with van der Waals surface area (Å²) in [7, 11) is 1.13. The summed E-state index contributed by atoms with van der Waals surface area (Å²) in [6, 6.07) is -5.14. The molecule has 3 amide bonds. The maximum Gasteiger partial charge on any atom is 0.217 e. The quantitative estimate of drug-likeness (QED) is 0.0452. The van der Waals surface area contributed by atoms with Crippen molar-refractivity contribution in [2.75, 3.05) is 53.4 Å². The highest BCUT2D eigenvalue weighted by atomic mass is 16.8. The Morgan fingerprint density at radius 2 is 0.648 bits per heavy atom. The van der Waals surface area contributed by atoms with Crippen LogP contribution in [0.1, 0.15) is 20.8 Å². The van der Waals surface area contributed by atoms with Crippen molar-refractivity contribution in [3.05, 3.63) is 0 Å². The largest absolute Gasteiger partial charge is 0.394 e. The minimum Gasteiger partial charge on any atom is -0.394 e. The summed E-state index contributed by atoms with van der Waals surface area (Å²) in [6.45, 7) is -3.82. The minimum atomic E-state index is -2.34. The molecular weight excluding hydrogens is 1210 g/mol. The van der Waals surface area contributed by atoms with Gasteiger partial charge in [0.1, 0.15) is 171 Å². The second-order valence-electron chi connectivity index (χ2n) is 22.0. The van der Waals surface area contributed by atoms with Gasteiger partial charge in [0.05, 0.1) is 46.2 Å². The molecule has 0 radical (unpaired) electrons. The summed E-state index contributed by atoms with van der Waals surface area (Å²) in [5, 5.41) is 215. The lowest BCUT2D eigenvalue weighted by Gasteiger charge is -2.50. The molecule has 0 saturated carbocycles. The predicted molar refractivity (Wildman–Crippen MR) is 271 cm³/mol. The van der Waals surface area contributed by atoms with Crippen LogP contribution in [0.2, 0.25) is 0 Å². The number of carbonyl (C=O) groups excluding carboxylic acids is 3. The molecule has 39 nitrogen and oxygen atoms in total. The van der Waals surface area contributed by atoms with Crippen LogP contribution in [0.5, 0.6) is 0 Å². The second-order valence-corrected chi connectivity index (χ2v) is 22.0. The number of ether oxygens (including phenoxy) is 14. The fraction of sp³-hybridized carbons (Fsp3) is 0.939. The van der Waals surface area contributed by atoms with Crippen molar-refractivity contribution in [1.82, 2.24) is 16.0 Å². The molecular formula is C49H83N3O36. The summed E-state index contributed by atoms with van der Waals surface area (Å²) < 4.78 is 81.1. The van der Waals surface area contributed by atoms with Gasteiger partial charge in [-0.05, 0) is 0 Å². The van der Waals surface area contributed by atoms with E-state index in [2.05, 4.69) is 16.0 Å². The normalized spacial score (nSPS) is 48.5. The van der Waals surface area contributed by atoms with E-state index in [1.807, 2.05) is 0 Å². The van der Waals surface area contributed by atoms with Crippen LogP contribution in [0, 0.1) is 0 Å². The molecule has 7 saturated heterocycles. The van der Waals surface area contributed by atoms with Gasteiger partial charge >= 0.3 is 0 Å². The molecule has 0 bridgehead atoms. The van der Waals surface area contributed by atoms with E-state index in [0.717, 1.165) is 27.9 Å². The average Bonchev–Trinajstić information content (AvgIpc) is 1.63. The first-order valence-electron chi connectivity index (χ1n) is 28.0. The van der Waals surface area contributed by atoms with Crippen molar-refractivity contribution >= 4 is 17.7 Å². The molecule has 0 spiro atoms. The van der Waals surface area contributed by atoms with Crippen molar-refractivity contribution < 1.29 is 178 Å². The van der Waals surface area contributed by atoms with Gasteiger partial charge in [-0.1, -0.05) is 0 Å². The molecule has 0 aliphatic carbocycles. The zero-order chi connectivity index (χ0) is 64.9. The number of aliphatic hydroxyl groups excluding tert-OH is 19. The van der Waals surface area contributed by atoms with E-state index in [-0.39, 0.29) is 0 Å². The molecule has 0 aromatic heterocycles. The van der Waals surface area contributed by atoms with E-state index in [9.17, 15) is 111 Å². The molecule has 7 aliphatic rings. The van der Waals surface area contributed by atoms with E-state index < -0.39 is 279 Å². The minimum absolute atomic E-state index is 0.736. The smallest absolute Gasteiger partial charge is 0.217 e. The van der Waals surface area contributed by atoms with Crippen LogP contribution in [0.3, 0.4) is 0 Å². The summed E-state index contributed by atoms with van der Waals surface area (Å²) in [4.78, 5) is 37.4. The molecule has 7 aliphatic heterocycles. The monoisotopic (exact) mass is 1290 g/mol. The fourth-order valence-electron chi connectivity index (χ4n) is 11.4. The van der Waals surface area contributed by atoms with Gasteiger partial charge in [0.15, 0.2) is 44.0 Å². The number of aliphatic hydroxyl groups is 19. The first kappa shape index (κ1) is 72.5. The van der Waals surface area contributed by atoms with E-state index in [4.69, 9.17) is 66.3 Å². The molecule has 7 rings (SSSR count). The Hall–Kier alpha value is -2.91. The lowest BCUT2D eigenvalue weighted by Crippen LogP contribution is -2.70. The van der Waals surface area contributed by atoms with Crippen LogP contribution in [0.25, 0.3) is 0 Å². The Labute approximate surface area is 499 Å². The Balaban J connectivity index is 1.17. The first-order chi connectivity index (χ1) is 41.7. The molecule has 39 heteroatoms. The molecule has 35 atom stereocenters. The third-order valence-corrected chi connectivity index (χ3v) is 16.0. The first-order valence-corrected chi connectivity index (χ1v) is 28.0. The van der Waals surface area contributed by atoms with Gasteiger partial charge in [0, 0.05) is 27.9 Å². The number of hydrogen-bond donors (Lipinski definition) is 22. The topological polar surface area (TPSA) is 601 Å². The van der Waals surface area contributed by atoms with Crippen molar-refractivity contribution in [3.8, 4) is 0 Å². The van der Waals surface area contributed by atoms with Gasteiger partial charge < -0.3 is 179 Å². The maximum absolute atomic E-state index is 12.7. The van der Waals surface area contributed by atoms with Gasteiger partial charge in [-0.25, -0.2) is 0 Å². The van der Waals surface area contributed by atoms with Crippen LogP contribution < -0.4 is 16.0 Å². The molecule has 0 unspecified atom stereocenters. The van der Waals surface area contributed by atoms with Crippen LogP contribution >= 0.6 is 0 Å². The van der Waals surface area contributed by atoms with Crippen LogP contribution in [-0.4, -0.2) is 383 Å². The molecule has 7 heterocycles. The highest BCUT2D eigenvalue weighted by molar-refractivity contribution is 5.74. The fourth-order valence-corrected chi connectivity index (χ4v) is 11.4. The second kappa shape index (κ2) is 31.8. The van der Waals surface area contributed by atoms with Crippen molar-refractivity contribution in [3.63, 3.8) is 0 Å². The zero-order valence-electron chi connectivity index (χ0n) is 47.6. The third-order valence-electron chi connectivity index (χ3n) is 16.0. The van der Waals surface area contributed by atoms with Crippen LogP contribution in [0.15, 0.2) is 0 Å². The predicted octanol–water partition coefficient (Wildman–Crippen LogP) is -15.2. The van der Waals surface area contributed by atoms with Gasteiger partial charge in [-0.3, -0.25) is 14.4 Å². The lowest BCUT2D eigenvalue weighted by atomic mass is 9.94. The highest BCUT2D eigenvalue weighted by Crippen LogP contribution is 2.38. The number of nitrogens with one attached hydrogen (secondary N) is 3. The summed E-state index contributed by atoms with van der Waals surface area (Å²) >= 11 is 0. The Morgan fingerprint density at radius 3 is 1.10 bits per heavy atom. The van der Waals surface area contributed by atoms with E-state index >= 15 is 0 Å². The molecule has 0 aromatic rings. The van der Waals surface area contributed by atoms with Gasteiger partial charge in [0.25, 0.3) is 0 Å². The maximum atomic E-state index is 12.7. The third kappa shape index (κ3) is 15.8. The number of carbonyl (C=O) groups is 3. The van der Waals surface area contributed by atoms with Crippen molar-refractivity contribution in [2.45, 2.75) is 236 Å². The van der Waals surface area contributed by atoms with Gasteiger partial charge in [-0.15, -0.1) is 0 Å². The number of methoxy groups -OCH3 is 1. The number of hydrogen-bond acceptors (Lipinski definition) is 36. The lowest BCUT2D eigenvalue weighted by molar-refractivity contribution is -0.389. The average molecular weight is 1290 g/mol. The molecule has 510 valence electrons. The number of rotatable bonds is 23. The highest BCUT2D eigenvalue weighted by Gasteiger charge is 2.59.